The molecule has 198 valence electrons. The monoisotopic (exact) mass is 518 g/mol. The van der Waals surface area contributed by atoms with E-state index in [2.05, 4.69) is 35.5 Å². The van der Waals surface area contributed by atoms with Gasteiger partial charge in [-0.05, 0) is 43.2 Å². The summed E-state index contributed by atoms with van der Waals surface area (Å²) in [6, 6.07) is 8.98. The van der Waals surface area contributed by atoms with E-state index in [-0.39, 0.29) is 11.6 Å². The zero-order chi connectivity index (χ0) is 26.1. The van der Waals surface area contributed by atoms with Crippen LogP contribution in [0.3, 0.4) is 0 Å². The first-order chi connectivity index (χ1) is 18.5. The third-order valence-corrected chi connectivity index (χ3v) is 7.07. The molecule has 0 spiro atoms. The summed E-state index contributed by atoms with van der Waals surface area (Å²) in [4.78, 5) is 20.6. The Morgan fingerprint density at radius 1 is 1.11 bits per heavy atom. The molecule has 0 radical (unpaired) electrons. The molecule has 11 heteroatoms. The lowest BCUT2D eigenvalue weighted by Gasteiger charge is -2.36. The number of likely N-dealkylation sites (tertiary alicyclic amines) is 1. The third-order valence-electron chi connectivity index (χ3n) is 7.07. The molecule has 1 unspecified atom stereocenters. The lowest BCUT2D eigenvalue weighted by atomic mass is 10.1. The van der Waals surface area contributed by atoms with Gasteiger partial charge in [-0.15, -0.1) is 0 Å². The van der Waals surface area contributed by atoms with Crippen LogP contribution in [0.25, 0.3) is 10.9 Å². The van der Waals surface area contributed by atoms with Gasteiger partial charge in [-0.2, -0.15) is 0 Å². The molecule has 2 aliphatic rings. The fourth-order valence-electron chi connectivity index (χ4n) is 4.87. The van der Waals surface area contributed by atoms with E-state index in [1.54, 1.807) is 18.2 Å². The van der Waals surface area contributed by atoms with Crippen molar-refractivity contribution in [1.82, 2.24) is 35.1 Å². The number of hydrogen-bond donors (Lipinski definition) is 4. The van der Waals surface area contributed by atoms with E-state index in [0.29, 0.717) is 28.1 Å². The van der Waals surface area contributed by atoms with E-state index in [0.717, 1.165) is 63.5 Å². The number of aliphatic hydroxyl groups is 1. The Kier molecular flexibility index (Phi) is 6.90. The number of ether oxygens (including phenoxy) is 1. The molecule has 0 bridgehead atoms. The maximum atomic E-state index is 15.3. The minimum atomic E-state index is -1.02. The molecular formula is C27H31FN8O2. The Hall–Kier alpha value is -3.64. The van der Waals surface area contributed by atoms with Crippen LogP contribution in [0.5, 0.6) is 11.6 Å². The number of hydrogen-bond acceptors (Lipinski definition) is 9. The van der Waals surface area contributed by atoms with E-state index >= 15 is 4.39 Å². The van der Waals surface area contributed by atoms with Gasteiger partial charge in [0.15, 0.2) is 11.6 Å². The fraction of sp³-hybridized carbons (Fsp3) is 0.370. The minimum Gasteiger partial charge on any atom is -0.435 e. The first-order valence-corrected chi connectivity index (χ1v) is 12.9. The summed E-state index contributed by atoms with van der Waals surface area (Å²) in [6.07, 6.45) is 3.14. The second-order valence-electron chi connectivity index (χ2n) is 9.80. The minimum absolute atomic E-state index is 0.0219. The van der Waals surface area contributed by atoms with E-state index in [9.17, 15) is 5.11 Å². The molecule has 1 atom stereocenters. The Bertz CT molecular complexity index is 1420. The van der Waals surface area contributed by atoms with Crippen molar-refractivity contribution in [3.8, 4) is 11.6 Å². The van der Waals surface area contributed by atoms with Crippen LogP contribution in [0, 0.1) is 12.7 Å². The molecule has 10 nitrogen and oxygen atoms in total. The smallest absolute Gasteiger partial charge is 0.231 e. The highest BCUT2D eigenvalue weighted by Crippen LogP contribution is 2.38. The number of aliphatic hydroxyl groups excluding tert-OH is 1. The van der Waals surface area contributed by atoms with Crippen molar-refractivity contribution in [1.29, 1.82) is 0 Å². The molecule has 2 saturated heterocycles. The lowest BCUT2D eigenvalue weighted by Crippen LogP contribution is -2.42. The van der Waals surface area contributed by atoms with Crippen molar-refractivity contribution < 1.29 is 14.2 Å². The number of aromatic amines is 1. The quantitative estimate of drug-likeness (QED) is 0.279. The highest BCUT2D eigenvalue weighted by atomic mass is 19.1. The first kappa shape index (κ1) is 24.7. The van der Waals surface area contributed by atoms with Crippen LogP contribution in [-0.2, 0) is 6.54 Å². The number of halogens is 1. The third kappa shape index (κ3) is 5.05. The molecular weight excluding hydrogens is 487 g/mol. The predicted molar refractivity (Wildman–Crippen MR) is 142 cm³/mol. The van der Waals surface area contributed by atoms with Gasteiger partial charge in [0.1, 0.15) is 29.8 Å². The highest BCUT2D eigenvalue weighted by Gasteiger charge is 2.30. The van der Waals surface area contributed by atoms with Crippen LogP contribution in [0.15, 0.2) is 42.9 Å². The number of aromatic nitrogens is 4. The maximum absolute atomic E-state index is 15.3. The molecule has 0 amide bonds. The van der Waals surface area contributed by atoms with Gasteiger partial charge in [-0.25, -0.2) is 19.3 Å². The molecule has 6 rings (SSSR count). The summed E-state index contributed by atoms with van der Waals surface area (Å²) in [5.74, 6) is 0.546. The topological polar surface area (TPSA) is 114 Å². The van der Waals surface area contributed by atoms with Crippen molar-refractivity contribution in [2.24, 2.45) is 0 Å². The summed E-state index contributed by atoms with van der Waals surface area (Å²) < 4.78 is 21.3. The number of nitrogens with zero attached hydrogens (tertiary/aromatic N) is 5. The number of aryl methyl sites for hydroxylation is 1. The van der Waals surface area contributed by atoms with Crippen LogP contribution in [0.1, 0.15) is 29.5 Å². The van der Waals surface area contributed by atoms with E-state index in [4.69, 9.17) is 4.74 Å². The van der Waals surface area contributed by atoms with Crippen LogP contribution in [-0.4, -0.2) is 74.1 Å². The van der Waals surface area contributed by atoms with Gasteiger partial charge < -0.3 is 25.5 Å². The van der Waals surface area contributed by atoms with Crippen molar-refractivity contribution in [2.75, 3.05) is 44.6 Å². The molecule has 1 aromatic carbocycles. The second-order valence-corrected chi connectivity index (χ2v) is 9.80. The van der Waals surface area contributed by atoms with Crippen molar-refractivity contribution in [3.05, 3.63) is 65.5 Å². The SMILES string of the molecule is Cc1cc2c(F)c(Oc3ncnc(Nc4ccc(CN5CCNCC5)cn4)c3C(O)N3CCC3)ccc2[nH]1. The summed E-state index contributed by atoms with van der Waals surface area (Å²) in [7, 11) is 0. The average Bonchev–Trinajstić information content (AvgIpc) is 3.28. The zero-order valence-corrected chi connectivity index (χ0v) is 21.2. The summed E-state index contributed by atoms with van der Waals surface area (Å²) in [5, 5.41) is 18.2. The van der Waals surface area contributed by atoms with Crippen LogP contribution < -0.4 is 15.4 Å². The second kappa shape index (κ2) is 10.6. The largest absolute Gasteiger partial charge is 0.435 e. The van der Waals surface area contributed by atoms with Crippen LogP contribution >= 0.6 is 0 Å². The molecule has 5 heterocycles. The molecule has 2 aliphatic heterocycles. The number of H-pyrrole nitrogens is 1. The molecule has 3 aromatic heterocycles. The number of rotatable bonds is 8. The average molecular weight is 519 g/mol. The molecule has 2 fully saturated rings. The lowest BCUT2D eigenvalue weighted by molar-refractivity contribution is -0.0375. The first-order valence-electron chi connectivity index (χ1n) is 12.9. The summed E-state index contributed by atoms with van der Waals surface area (Å²) in [5.41, 5.74) is 2.99. The van der Waals surface area contributed by atoms with Crippen molar-refractivity contribution in [2.45, 2.75) is 26.1 Å². The van der Waals surface area contributed by atoms with Gasteiger partial charge in [0.2, 0.25) is 5.88 Å². The van der Waals surface area contributed by atoms with Crippen LogP contribution in [0.2, 0.25) is 0 Å². The Balaban J connectivity index is 1.28. The normalized spacial score (nSPS) is 17.3. The number of fused-ring (bicyclic) bond motifs is 1. The predicted octanol–water partition coefficient (Wildman–Crippen LogP) is 3.44. The van der Waals surface area contributed by atoms with E-state index < -0.39 is 12.0 Å². The maximum Gasteiger partial charge on any atom is 0.231 e. The number of nitrogens with one attached hydrogen (secondary N) is 3. The zero-order valence-electron chi connectivity index (χ0n) is 21.2. The van der Waals surface area contributed by atoms with Crippen molar-refractivity contribution in [3.63, 3.8) is 0 Å². The number of benzene rings is 1. The van der Waals surface area contributed by atoms with E-state index in [1.165, 1.54) is 6.33 Å². The Labute approximate surface area is 219 Å². The molecule has 4 aromatic rings. The molecule has 38 heavy (non-hydrogen) atoms. The Morgan fingerprint density at radius 3 is 2.68 bits per heavy atom. The Morgan fingerprint density at radius 2 is 1.95 bits per heavy atom. The summed E-state index contributed by atoms with van der Waals surface area (Å²) in [6.45, 7) is 8.20. The number of pyridine rings is 1. The van der Waals surface area contributed by atoms with Crippen LogP contribution in [0.4, 0.5) is 16.0 Å². The van der Waals surface area contributed by atoms with Gasteiger partial charge in [0.25, 0.3) is 0 Å². The van der Waals surface area contributed by atoms with Gasteiger partial charge in [0, 0.05) is 68.6 Å². The van der Waals surface area contributed by atoms with Gasteiger partial charge in [-0.1, -0.05) is 6.07 Å². The molecule has 0 aliphatic carbocycles. The fourth-order valence-corrected chi connectivity index (χ4v) is 4.87. The van der Waals surface area contributed by atoms with Gasteiger partial charge >= 0.3 is 0 Å². The number of anilines is 2. The highest BCUT2D eigenvalue weighted by molar-refractivity contribution is 5.82. The molecule has 4 N–H and O–H groups in total. The molecule has 0 saturated carbocycles. The summed E-state index contributed by atoms with van der Waals surface area (Å²) >= 11 is 0. The standard InChI is InChI=1S/C27H31FN8O2/c1-17-13-19-20(33-17)4-5-21(24(19)28)38-26-23(27(37)36-9-2-10-36)25(31-16-32-26)34-22-6-3-18(14-30-22)15-35-11-7-29-8-12-35/h3-6,13-14,16,27,29,33,37H,2,7-12,15H2,1H3,(H,30,31,32,34). The van der Waals surface area contributed by atoms with Gasteiger partial charge in [-0.3, -0.25) is 9.80 Å². The van der Waals surface area contributed by atoms with Crippen molar-refractivity contribution >= 4 is 22.5 Å². The number of piperazine rings is 1. The van der Waals surface area contributed by atoms with Gasteiger partial charge in [0.05, 0.1) is 0 Å². The van der Waals surface area contributed by atoms with E-state index in [1.807, 2.05) is 30.2 Å².